The molecule has 0 saturated carbocycles. The Morgan fingerprint density at radius 2 is 1.92 bits per heavy atom. The van der Waals surface area contributed by atoms with Gasteiger partial charge in [0.05, 0.1) is 0 Å². The van der Waals surface area contributed by atoms with Gasteiger partial charge in [-0.25, -0.2) is 4.39 Å². The zero-order valence-corrected chi connectivity index (χ0v) is 14.1. The van der Waals surface area contributed by atoms with Crippen LogP contribution < -0.4 is 10.1 Å². The lowest BCUT2D eigenvalue weighted by atomic mass is 10.3. The van der Waals surface area contributed by atoms with E-state index < -0.39 is 11.7 Å². The maximum Gasteiger partial charge on any atom is 0.285 e. The topological polar surface area (TPSA) is 58.6 Å². The maximum atomic E-state index is 13.4. The Hall–Kier alpha value is -2.54. The van der Waals surface area contributed by atoms with Crippen molar-refractivity contribution in [1.29, 1.82) is 0 Å². The van der Waals surface area contributed by atoms with Crippen molar-refractivity contribution in [1.82, 2.24) is 4.90 Å². The average Bonchev–Trinajstić information content (AvgIpc) is 2.54. The number of hydrogen-bond donors (Lipinski definition) is 1. The zero-order chi connectivity index (χ0) is 17.5. The van der Waals surface area contributed by atoms with Crippen molar-refractivity contribution in [2.45, 2.75) is 4.90 Å². The van der Waals surface area contributed by atoms with Crippen LogP contribution in [0.25, 0.3) is 0 Å². The Labute approximate surface area is 143 Å². The second-order valence-corrected chi connectivity index (χ2v) is 6.08. The minimum absolute atomic E-state index is 0.0218. The van der Waals surface area contributed by atoms with Gasteiger partial charge in [-0.15, -0.1) is 0 Å². The van der Waals surface area contributed by atoms with E-state index in [0.717, 1.165) is 11.8 Å². The molecule has 5 nitrogen and oxygen atoms in total. The Morgan fingerprint density at radius 3 is 2.62 bits per heavy atom. The Kier molecular flexibility index (Phi) is 6.20. The number of carbonyl (C=O) groups is 2. The zero-order valence-electron chi connectivity index (χ0n) is 13.3. The van der Waals surface area contributed by atoms with Gasteiger partial charge in [0, 0.05) is 24.7 Å². The van der Waals surface area contributed by atoms with Crippen molar-refractivity contribution < 1.29 is 18.7 Å². The molecule has 0 radical (unpaired) electrons. The molecular weight excluding hydrogens is 331 g/mol. The second-order valence-electron chi connectivity index (χ2n) is 5.06. The number of carbonyl (C=O) groups excluding carboxylic acids is 2. The molecule has 7 heteroatoms. The number of rotatable bonds is 5. The maximum absolute atomic E-state index is 13.4. The van der Waals surface area contributed by atoms with Gasteiger partial charge in [-0.3, -0.25) is 9.59 Å². The third-order valence-electron chi connectivity index (χ3n) is 2.88. The van der Waals surface area contributed by atoms with E-state index in [0.29, 0.717) is 10.6 Å². The van der Waals surface area contributed by atoms with Crippen LogP contribution in [0.1, 0.15) is 0 Å². The van der Waals surface area contributed by atoms with Gasteiger partial charge in [0.15, 0.2) is 18.2 Å². The van der Waals surface area contributed by atoms with E-state index in [1.165, 1.54) is 17.0 Å². The van der Waals surface area contributed by atoms with E-state index in [1.54, 1.807) is 50.5 Å². The summed E-state index contributed by atoms with van der Waals surface area (Å²) in [6.45, 7) is -0.311. The van der Waals surface area contributed by atoms with Gasteiger partial charge in [-0.05, 0) is 42.1 Å². The summed E-state index contributed by atoms with van der Waals surface area (Å²) in [4.78, 5) is 25.8. The number of thioether (sulfide) groups is 1. The number of amides is 2. The van der Waals surface area contributed by atoms with Crippen LogP contribution in [0, 0.1) is 5.82 Å². The van der Waals surface area contributed by atoms with Gasteiger partial charge in [0.1, 0.15) is 0 Å². The fraction of sp³-hybridized carbons (Fsp3) is 0.176. The molecular formula is C17H17FN2O3S. The Balaban J connectivity index is 1.92. The predicted octanol–water partition coefficient (Wildman–Crippen LogP) is 3.62. The lowest BCUT2D eigenvalue weighted by Crippen LogP contribution is -2.20. The standard InChI is InChI=1S/C17H17FN2O3S/c1-20(2)17(22)24-13-7-5-6-12(10-13)19-16(21)11-23-15-9-4-3-8-14(15)18/h3-10H,11H2,1-2H3,(H,19,21). The normalized spacial score (nSPS) is 10.1. The highest BCUT2D eigenvalue weighted by Crippen LogP contribution is 2.23. The van der Waals surface area contributed by atoms with Crippen molar-refractivity contribution in [2.24, 2.45) is 0 Å². The molecule has 1 N–H and O–H groups in total. The van der Waals surface area contributed by atoms with Crippen LogP contribution in [0.15, 0.2) is 53.4 Å². The highest BCUT2D eigenvalue weighted by atomic mass is 32.2. The SMILES string of the molecule is CN(C)C(=O)Sc1cccc(NC(=O)COc2ccccc2F)c1. The van der Waals surface area contributed by atoms with E-state index in [2.05, 4.69) is 5.32 Å². The van der Waals surface area contributed by atoms with E-state index in [4.69, 9.17) is 4.74 Å². The number of nitrogens with one attached hydrogen (secondary N) is 1. The van der Waals surface area contributed by atoms with Gasteiger partial charge < -0.3 is 15.0 Å². The van der Waals surface area contributed by atoms with Gasteiger partial charge in [0.2, 0.25) is 0 Å². The third-order valence-corrected chi connectivity index (χ3v) is 3.91. The minimum atomic E-state index is -0.522. The quantitative estimate of drug-likeness (QED) is 0.839. The molecule has 2 rings (SSSR count). The summed E-state index contributed by atoms with van der Waals surface area (Å²) in [6, 6.07) is 12.8. The molecule has 2 aromatic rings. The first-order chi connectivity index (χ1) is 11.5. The highest BCUT2D eigenvalue weighted by Gasteiger charge is 2.09. The molecule has 0 unspecified atom stereocenters. The van der Waals surface area contributed by atoms with Crippen molar-refractivity contribution in [3.05, 3.63) is 54.3 Å². The Bertz CT molecular complexity index is 737. The van der Waals surface area contributed by atoms with Crippen LogP contribution in [-0.4, -0.2) is 36.7 Å². The van der Waals surface area contributed by atoms with E-state index in [9.17, 15) is 14.0 Å². The predicted molar refractivity (Wildman–Crippen MR) is 91.9 cm³/mol. The van der Waals surface area contributed by atoms with E-state index >= 15 is 0 Å². The summed E-state index contributed by atoms with van der Waals surface area (Å²) < 4.78 is 18.6. The lowest BCUT2D eigenvalue weighted by molar-refractivity contribution is -0.118. The van der Waals surface area contributed by atoms with Crippen LogP contribution in [-0.2, 0) is 4.79 Å². The first kappa shape index (κ1) is 17.8. The summed E-state index contributed by atoms with van der Waals surface area (Å²) in [7, 11) is 3.34. The molecule has 0 aromatic heterocycles. The summed E-state index contributed by atoms with van der Waals surface area (Å²) in [5.74, 6) is -0.918. The van der Waals surface area contributed by atoms with Crippen molar-refractivity contribution in [3.8, 4) is 5.75 Å². The molecule has 0 fully saturated rings. The van der Waals surface area contributed by atoms with Crippen molar-refractivity contribution in [2.75, 3.05) is 26.0 Å². The molecule has 0 heterocycles. The first-order valence-corrected chi connectivity index (χ1v) is 7.94. The molecule has 0 aliphatic heterocycles. The van der Waals surface area contributed by atoms with Gasteiger partial charge in [-0.2, -0.15) is 0 Å². The van der Waals surface area contributed by atoms with Gasteiger partial charge in [0.25, 0.3) is 11.1 Å². The number of benzene rings is 2. The average molecular weight is 348 g/mol. The fourth-order valence-electron chi connectivity index (χ4n) is 1.73. The minimum Gasteiger partial charge on any atom is -0.481 e. The van der Waals surface area contributed by atoms with Crippen LogP contribution >= 0.6 is 11.8 Å². The van der Waals surface area contributed by atoms with Crippen molar-refractivity contribution in [3.63, 3.8) is 0 Å². The molecule has 126 valence electrons. The summed E-state index contributed by atoms with van der Waals surface area (Å²) in [5.41, 5.74) is 0.536. The number of anilines is 1. The monoisotopic (exact) mass is 348 g/mol. The smallest absolute Gasteiger partial charge is 0.285 e. The third kappa shape index (κ3) is 5.27. The van der Waals surface area contributed by atoms with Gasteiger partial charge >= 0.3 is 0 Å². The molecule has 0 aliphatic rings. The second kappa shape index (κ2) is 8.35. The Morgan fingerprint density at radius 1 is 1.17 bits per heavy atom. The summed E-state index contributed by atoms with van der Waals surface area (Å²) in [5, 5.41) is 2.54. The number of halogens is 1. The molecule has 0 spiro atoms. The van der Waals surface area contributed by atoms with Crippen LogP contribution in [0.4, 0.5) is 14.9 Å². The highest BCUT2D eigenvalue weighted by molar-refractivity contribution is 8.13. The molecule has 0 saturated heterocycles. The number of para-hydroxylation sites is 1. The first-order valence-electron chi connectivity index (χ1n) is 7.12. The summed E-state index contributed by atoms with van der Waals surface area (Å²) in [6.07, 6.45) is 0. The van der Waals surface area contributed by atoms with Gasteiger partial charge in [-0.1, -0.05) is 18.2 Å². The molecule has 2 aromatic carbocycles. The molecule has 0 aliphatic carbocycles. The molecule has 0 atom stereocenters. The number of hydrogen-bond acceptors (Lipinski definition) is 4. The van der Waals surface area contributed by atoms with E-state index in [-0.39, 0.29) is 17.6 Å². The van der Waals surface area contributed by atoms with Crippen LogP contribution in [0.5, 0.6) is 5.75 Å². The fourth-order valence-corrected chi connectivity index (χ4v) is 2.45. The van der Waals surface area contributed by atoms with E-state index in [1.807, 2.05) is 0 Å². The molecule has 24 heavy (non-hydrogen) atoms. The van der Waals surface area contributed by atoms with Crippen LogP contribution in [0.3, 0.4) is 0 Å². The lowest BCUT2D eigenvalue weighted by Gasteiger charge is -2.11. The molecule has 2 amide bonds. The number of ether oxygens (including phenoxy) is 1. The summed E-state index contributed by atoms with van der Waals surface area (Å²) >= 11 is 1.06. The van der Waals surface area contributed by atoms with Crippen LogP contribution in [0.2, 0.25) is 0 Å². The van der Waals surface area contributed by atoms with Crippen molar-refractivity contribution >= 4 is 28.6 Å². The largest absolute Gasteiger partial charge is 0.481 e. The molecule has 0 bridgehead atoms. The number of nitrogens with zero attached hydrogens (tertiary/aromatic N) is 1.